The van der Waals surface area contributed by atoms with Gasteiger partial charge in [0.2, 0.25) is 0 Å². The van der Waals surface area contributed by atoms with E-state index >= 15 is 0 Å². The minimum Gasteiger partial charge on any atom is -0.325 e. The van der Waals surface area contributed by atoms with E-state index in [2.05, 4.69) is 10.0 Å². The number of hydrogen-bond donors (Lipinski definition) is 2. The lowest BCUT2D eigenvalue weighted by Crippen LogP contribution is -2.49. The Morgan fingerprint density at radius 3 is 2.19 bits per heavy atom. The average molecular weight is 505 g/mol. The van der Waals surface area contributed by atoms with Crippen molar-refractivity contribution in [2.45, 2.75) is 43.5 Å². The molecule has 2 fully saturated rings. The number of rotatable bonds is 5. The lowest BCUT2D eigenvalue weighted by Gasteiger charge is -2.34. The molecular formula is C28H32N4O3S. The second-order valence-corrected chi connectivity index (χ2v) is 10.8. The van der Waals surface area contributed by atoms with E-state index in [1.165, 1.54) is 0 Å². The minimum atomic E-state index is -1.42. The Bertz CT molecular complexity index is 1300. The molecule has 0 bridgehead atoms. The number of fused-ring (bicyclic) bond motifs is 1. The molecule has 0 aliphatic carbocycles. The Hall–Kier alpha value is -3.23. The summed E-state index contributed by atoms with van der Waals surface area (Å²) in [5.74, 6) is -0.166. The molecule has 2 aliphatic heterocycles. The SMILES string of the molecule is Cc1ccccc1C(=O)Nc1ccc(S(=O)NC2CCN(C(=O)N3CCCC3)CC2)c2ccccc12. The molecule has 0 aromatic heterocycles. The largest absolute Gasteiger partial charge is 0.325 e. The molecule has 2 N–H and O–H groups in total. The van der Waals surface area contributed by atoms with Crippen molar-refractivity contribution in [1.82, 2.24) is 14.5 Å². The van der Waals surface area contributed by atoms with Gasteiger partial charge in [-0.2, -0.15) is 0 Å². The van der Waals surface area contributed by atoms with Crippen LogP contribution in [0.2, 0.25) is 0 Å². The van der Waals surface area contributed by atoms with Gasteiger partial charge in [-0.3, -0.25) is 4.79 Å². The summed E-state index contributed by atoms with van der Waals surface area (Å²) in [5.41, 5.74) is 2.23. The first-order chi connectivity index (χ1) is 17.5. The highest BCUT2D eigenvalue weighted by Gasteiger charge is 2.28. The Labute approximate surface area is 214 Å². The predicted octanol–water partition coefficient (Wildman–Crippen LogP) is 4.69. The number of anilines is 1. The number of amides is 3. The summed E-state index contributed by atoms with van der Waals surface area (Å²) >= 11 is 0. The van der Waals surface area contributed by atoms with Crippen LogP contribution in [0.1, 0.15) is 41.6 Å². The zero-order valence-corrected chi connectivity index (χ0v) is 21.4. The molecule has 0 spiro atoms. The van der Waals surface area contributed by atoms with Crippen LogP contribution in [0, 0.1) is 6.92 Å². The molecule has 188 valence electrons. The van der Waals surface area contributed by atoms with Gasteiger partial charge in [-0.1, -0.05) is 42.5 Å². The monoisotopic (exact) mass is 504 g/mol. The van der Waals surface area contributed by atoms with Gasteiger partial charge >= 0.3 is 6.03 Å². The van der Waals surface area contributed by atoms with Crippen molar-refractivity contribution < 1.29 is 13.8 Å². The van der Waals surface area contributed by atoms with Crippen LogP contribution in [0.3, 0.4) is 0 Å². The summed E-state index contributed by atoms with van der Waals surface area (Å²) in [6.45, 7) is 4.98. The second-order valence-electron chi connectivity index (χ2n) is 9.55. The van der Waals surface area contributed by atoms with E-state index in [1.807, 2.05) is 77.4 Å². The number of aryl methyl sites for hydroxylation is 1. The number of carbonyl (C=O) groups is 2. The molecule has 2 heterocycles. The molecule has 1 unspecified atom stereocenters. The first-order valence-corrected chi connectivity index (χ1v) is 13.8. The summed E-state index contributed by atoms with van der Waals surface area (Å²) < 4.78 is 16.7. The maximum Gasteiger partial charge on any atom is 0.319 e. The number of hydrogen-bond acceptors (Lipinski definition) is 3. The van der Waals surface area contributed by atoms with Gasteiger partial charge in [-0.15, -0.1) is 0 Å². The molecule has 0 saturated carbocycles. The third-order valence-corrected chi connectivity index (χ3v) is 8.44. The van der Waals surface area contributed by atoms with Crippen molar-refractivity contribution in [2.24, 2.45) is 0 Å². The van der Waals surface area contributed by atoms with Crippen molar-refractivity contribution in [3.8, 4) is 0 Å². The van der Waals surface area contributed by atoms with E-state index in [9.17, 15) is 13.8 Å². The van der Waals surface area contributed by atoms with Crippen molar-refractivity contribution >= 4 is 39.4 Å². The molecule has 2 aliphatic rings. The van der Waals surface area contributed by atoms with Gasteiger partial charge in [0, 0.05) is 54.2 Å². The number of carbonyl (C=O) groups excluding carboxylic acids is 2. The van der Waals surface area contributed by atoms with Crippen LogP contribution >= 0.6 is 0 Å². The number of nitrogens with zero attached hydrogens (tertiary/aromatic N) is 2. The summed E-state index contributed by atoms with van der Waals surface area (Å²) in [6.07, 6.45) is 3.72. The summed E-state index contributed by atoms with van der Waals surface area (Å²) in [6, 6.07) is 19.1. The van der Waals surface area contributed by atoms with Crippen LogP contribution in [0.25, 0.3) is 10.8 Å². The van der Waals surface area contributed by atoms with Crippen LogP contribution in [0.4, 0.5) is 10.5 Å². The van der Waals surface area contributed by atoms with Gasteiger partial charge in [0.25, 0.3) is 5.91 Å². The zero-order chi connectivity index (χ0) is 25.1. The molecule has 1 atom stereocenters. The number of nitrogens with one attached hydrogen (secondary N) is 2. The fourth-order valence-electron chi connectivity index (χ4n) is 5.07. The highest BCUT2D eigenvalue weighted by atomic mass is 32.2. The maximum atomic E-state index is 13.4. The molecule has 8 heteroatoms. The molecule has 3 aromatic carbocycles. The first-order valence-electron chi connectivity index (χ1n) is 12.6. The molecule has 36 heavy (non-hydrogen) atoms. The molecule has 7 nitrogen and oxygen atoms in total. The summed E-state index contributed by atoms with van der Waals surface area (Å²) in [7, 11) is -1.42. The molecule has 0 radical (unpaired) electrons. The van der Waals surface area contributed by atoms with Crippen molar-refractivity contribution in [2.75, 3.05) is 31.5 Å². The molecule has 2 saturated heterocycles. The number of piperidine rings is 1. The Kier molecular flexibility index (Phi) is 7.34. The van der Waals surface area contributed by atoms with Gasteiger partial charge in [-0.05, 0) is 56.4 Å². The van der Waals surface area contributed by atoms with E-state index in [4.69, 9.17) is 0 Å². The van der Waals surface area contributed by atoms with Crippen LogP contribution < -0.4 is 10.0 Å². The van der Waals surface area contributed by atoms with Crippen molar-refractivity contribution in [3.63, 3.8) is 0 Å². The smallest absolute Gasteiger partial charge is 0.319 e. The fourth-order valence-corrected chi connectivity index (χ4v) is 6.31. The van der Waals surface area contributed by atoms with Crippen LogP contribution in [0.5, 0.6) is 0 Å². The third-order valence-electron chi connectivity index (χ3n) is 7.14. The molecular weight excluding hydrogens is 472 g/mol. The average Bonchev–Trinajstić information content (AvgIpc) is 3.44. The Morgan fingerprint density at radius 1 is 0.833 bits per heavy atom. The van der Waals surface area contributed by atoms with Gasteiger partial charge in [-0.25, -0.2) is 13.7 Å². The van der Waals surface area contributed by atoms with Gasteiger partial charge < -0.3 is 15.1 Å². The summed E-state index contributed by atoms with van der Waals surface area (Å²) in [4.78, 5) is 30.1. The lowest BCUT2D eigenvalue weighted by molar-refractivity contribution is 0.102. The number of benzene rings is 3. The summed E-state index contributed by atoms with van der Waals surface area (Å²) in [5, 5.41) is 4.71. The zero-order valence-electron chi connectivity index (χ0n) is 20.5. The van der Waals surface area contributed by atoms with Gasteiger partial charge in [0.15, 0.2) is 0 Å². The first kappa shape index (κ1) is 24.5. The third kappa shape index (κ3) is 5.15. The van der Waals surface area contributed by atoms with E-state index in [0.29, 0.717) is 29.2 Å². The van der Waals surface area contributed by atoms with E-state index in [0.717, 1.165) is 55.1 Å². The fraction of sp³-hybridized carbons (Fsp3) is 0.357. The number of likely N-dealkylation sites (tertiary alicyclic amines) is 2. The highest BCUT2D eigenvalue weighted by Crippen LogP contribution is 2.29. The van der Waals surface area contributed by atoms with Gasteiger partial charge in [0.05, 0.1) is 4.90 Å². The van der Waals surface area contributed by atoms with Crippen LogP contribution in [0.15, 0.2) is 65.6 Å². The van der Waals surface area contributed by atoms with Crippen molar-refractivity contribution in [3.05, 3.63) is 71.8 Å². The standard InChI is InChI=1S/C28H32N4O3S/c1-20-8-2-3-9-22(20)27(33)29-25-12-13-26(24-11-5-4-10-23(24)25)36(35)30-21-14-18-32(19-15-21)28(34)31-16-6-7-17-31/h2-5,8-13,21,30H,6-7,14-19H2,1H3,(H,29,33). The Balaban J connectivity index is 1.27. The minimum absolute atomic E-state index is 0.0765. The molecule has 3 amide bonds. The normalized spacial score (nSPS) is 17.4. The Morgan fingerprint density at radius 2 is 1.47 bits per heavy atom. The predicted molar refractivity (Wildman–Crippen MR) is 143 cm³/mol. The van der Waals surface area contributed by atoms with Crippen LogP contribution in [-0.2, 0) is 11.0 Å². The van der Waals surface area contributed by atoms with E-state index in [1.54, 1.807) is 0 Å². The topological polar surface area (TPSA) is 81.8 Å². The molecule has 3 aromatic rings. The quantitative estimate of drug-likeness (QED) is 0.529. The highest BCUT2D eigenvalue weighted by molar-refractivity contribution is 7.83. The van der Waals surface area contributed by atoms with Gasteiger partial charge in [0.1, 0.15) is 11.0 Å². The van der Waals surface area contributed by atoms with E-state index < -0.39 is 11.0 Å². The molecule has 5 rings (SSSR count). The van der Waals surface area contributed by atoms with Crippen LogP contribution in [-0.4, -0.2) is 58.2 Å². The van der Waals surface area contributed by atoms with Crippen molar-refractivity contribution in [1.29, 1.82) is 0 Å². The van der Waals surface area contributed by atoms with E-state index in [-0.39, 0.29) is 18.0 Å². The second kappa shape index (κ2) is 10.8. The lowest BCUT2D eigenvalue weighted by atomic mass is 10.1. The number of urea groups is 1. The maximum absolute atomic E-state index is 13.4.